The van der Waals surface area contributed by atoms with Crippen LogP contribution in [0.1, 0.15) is 55.5 Å². The lowest BCUT2D eigenvalue weighted by molar-refractivity contribution is -0.128. The molecule has 0 amide bonds. The van der Waals surface area contributed by atoms with E-state index in [0.717, 1.165) is 37.1 Å². The van der Waals surface area contributed by atoms with E-state index in [2.05, 4.69) is 5.32 Å². The molecule has 1 saturated heterocycles. The average molecular weight is 422 g/mol. The van der Waals surface area contributed by atoms with Crippen LogP contribution >= 0.6 is 0 Å². The van der Waals surface area contributed by atoms with Crippen molar-refractivity contribution in [3.63, 3.8) is 0 Å². The third-order valence-electron chi connectivity index (χ3n) is 7.61. The topological polar surface area (TPSA) is 110 Å². The van der Waals surface area contributed by atoms with Gasteiger partial charge in [-0.3, -0.25) is 9.35 Å². The Morgan fingerprint density at radius 1 is 1.21 bits per heavy atom. The number of ether oxygens (including phenoxy) is 1. The van der Waals surface area contributed by atoms with Crippen LogP contribution in [0.25, 0.3) is 0 Å². The summed E-state index contributed by atoms with van der Waals surface area (Å²) in [6.07, 6.45) is 2.86. The molecule has 0 aromatic heterocycles. The van der Waals surface area contributed by atoms with E-state index in [-0.39, 0.29) is 28.7 Å². The first-order valence-corrected chi connectivity index (χ1v) is 11.6. The van der Waals surface area contributed by atoms with Crippen molar-refractivity contribution in [1.29, 1.82) is 0 Å². The molecule has 2 aliphatic heterocycles. The highest BCUT2D eigenvalue weighted by molar-refractivity contribution is 7.85. The predicted octanol–water partition coefficient (Wildman–Crippen LogP) is 2.32. The van der Waals surface area contributed by atoms with Crippen molar-refractivity contribution in [3.05, 3.63) is 35.4 Å². The number of benzene rings is 1. The number of fused-ring (bicyclic) bond motifs is 4. The fourth-order valence-electron chi connectivity index (χ4n) is 5.75. The first kappa shape index (κ1) is 20.5. The second kappa shape index (κ2) is 6.62. The van der Waals surface area contributed by atoms with Gasteiger partial charge in [-0.1, -0.05) is 32.0 Å². The summed E-state index contributed by atoms with van der Waals surface area (Å²) in [6.45, 7) is 5.55. The quantitative estimate of drug-likeness (QED) is 0.557. The zero-order valence-electron chi connectivity index (χ0n) is 16.7. The van der Waals surface area contributed by atoms with E-state index in [1.54, 1.807) is 0 Å². The predicted molar refractivity (Wildman–Crippen MR) is 106 cm³/mol. The Morgan fingerprint density at radius 3 is 2.48 bits per heavy atom. The highest BCUT2D eigenvalue weighted by atomic mass is 32.2. The number of esters is 1. The van der Waals surface area contributed by atoms with E-state index < -0.39 is 21.3 Å². The molecular weight excluding hydrogens is 394 g/mol. The van der Waals surface area contributed by atoms with Gasteiger partial charge in [0.15, 0.2) is 5.60 Å². The molecule has 2 aliphatic carbocycles. The lowest BCUT2D eigenvalue weighted by Crippen LogP contribution is -2.42. The third-order valence-corrected chi connectivity index (χ3v) is 8.47. The zero-order chi connectivity index (χ0) is 21.1. The average Bonchev–Trinajstić information content (AvgIpc) is 3.32. The first-order valence-electron chi connectivity index (χ1n) is 10.0. The molecule has 8 heteroatoms. The Hall–Kier alpha value is -1.77. The fraction of sp³-hybridized carbons (Fsp3) is 0.619. The standard InChI is InChI=1S/C11H11NO2.C10H16O4S/c13-10-8-3-1-2-4-9(8)11(14-10)5-6-12-7-11;1-9(2)7-3-4-10(9,8(11)5-7)6-15(12,13)14/h1-4,12H,5-7H2;7H,3-6H2,1-2H3,(H,12,13,14)/t11-;7-,10+/m00/s1. The van der Waals surface area contributed by atoms with Gasteiger partial charge in [-0.15, -0.1) is 0 Å². The van der Waals surface area contributed by atoms with Gasteiger partial charge in [0, 0.05) is 24.9 Å². The van der Waals surface area contributed by atoms with Crippen LogP contribution in [-0.2, 0) is 25.3 Å². The van der Waals surface area contributed by atoms with Gasteiger partial charge in [-0.2, -0.15) is 8.42 Å². The number of carbonyl (C=O) groups is 2. The van der Waals surface area contributed by atoms with Gasteiger partial charge in [-0.25, -0.2) is 4.79 Å². The van der Waals surface area contributed by atoms with E-state index in [4.69, 9.17) is 9.29 Å². The summed E-state index contributed by atoms with van der Waals surface area (Å²) in [5.74, 6) is -0.278. The molecule has 7 nitrogen and oxygen atoms in total. The molecule has 3 atom stereocenters. The van der Waals surface area contributed by atoms with E-state index in [1.807, 2.05) is 38.1 Å². The third kappa shape index (κ3) is 3.12. The van der Waals surface area contributed by atoms with Gasteiger partial charge in [0.2, 0.25) is 0 Å². The Labute approximate surface area is 171 Å². The monoisotopic (exact) mass is 421 g/mol. The van der Waals surface area contributed by atoms with Crippen molar-refractivity contribution >= 4 is 21.9 Å². The summed E-state index contributed by atoms with van der Waals surface area (Å²) in [6, 6.07) is 7.67. The lowest BCUT2D eigenvalue weighted by atomic mass is 9.70. The van der Waals surface area contributed by atoms with Crippen molar-refractivity contribution in [2.24, 2.45) is 16.7 Å². The molecule has 158 valence electrons. The number of rotatable bonds is 2. The van der Waals surface area contributed by atoms with Crippen molar-refractivity contribution in [3.8, 4) is 0 Å². The summed E-state index contributed by atoms with van der Waals surface area (Å²) < 4.78 is 36.5. The highest BCUT2D eigenvalue weighted by Crippen LogP contribution is 2.64. The molecule has 29 heavy (non-hydrogen) atoms. The normalized spacial score (nSPS) is 34.1. The van der Waals surface area contributed by atoms with Crippen LogP contribution < -0.4 is 5.32 Å². The van der Waals surface area contributed by atoms with Gasteiger partial charge < -0.3 is 10.1 Å². The minimum absolute atomic E-state index is 0.0152. The van der Waals surface area contributed by atoms with Gasteiger partial charge >= 0.3 is 5.97 Å². The molecule has 2 bridgehead atoms. The maximum Gasteiger partial charge on any atom is 0.339 e. The number of ketones is 1. The SMILES string of the molecule is CC1(C)[C@H]2CC[C@@]1(CS(=O)(=O)O)C(=O)C2.O=C1O[C@]2(CCNC2)c2ccccc21. The summed E-state index contributed by atoms with van der Waals surface area (Å²) in [4.78, 5) is 23.5. The Balaban J connectivity index is 0.000000141. The molecular formula is C21H27NO6S. The summed E-state index contributed by atoms with van der Waals surface area (Å²) in [5, 5.41) is 3.24. The van der Waals surface area contributed by atoms with Crippen LogP contribution in [-0.4, -0.2) is 43.6 Å². The van der Waals surface area contributed by atoms with Gasteiger partial charge in [0.05, 0.1) is 16.7 Å². The van der Waals surface area contributed by atoms with Crippen LogP contribution in [0, 0.1) is 16.7 Å². The number of carbonyl (C=O) groups excluding carboxylic acids is 2. The Kier molecular flexibility index (Phi) is 4.68. The summed E-state index contributed by atoms with van der Waals surface area (Å²) >= 11 is 0. The van der Waals surface area contributed by atoms with Crippen molar-refractivity contribution in [2.45, 2.75) is 45.1 Å². The first-order chi connectivity index (χ1) is 13.5. The van der Waals surface area contributed by atoms with Gasteiger partial charge in [0.25, 0.3) is 10.1 Å². The van der Waals surface area contributed by atoms with E-state index in [9.17, 15) is 18.0 Å². The molecule has 0 unspecified atom stereocenters. The molecule has 1 spiro atoms. The number of nitrogens with one attached hydrogen (secondary N) is 1. The molecule has 2 saturated carbocycles. The summed E-state index contributed by atoms with van der Waals surface area (Å²) in [5.41, 5.74) is 0.296. The Bertz CT molecular complexity index is 963. The molecule has 0 radical (unpaired) electrons. The second-order valence-electron chi connectivity index (χ2n) is 9.25. The van der Waals surface area contributed by atoms with E-state index in [0.29, 0.717) is 12.8 Å². The van der Waals surface area contributed by atoms with Crippen molar-refractivity contribution in [2.75, 3.05) is 18.8 Å². The second-order valence-corrected chi connectivity index (χ2v) is 10.7. The van der Waals surface area contributed by atoms with Crippen LogP contribution in [0.3, 0.4) is 0 Å². The minimum Gasteiger partial charge on any atom is -0.449 e. The number of Topliss-reactive ketones (excluding diaryl/α,β-unsaturated/α-hetero) is 1. The minimum atomic E-state index is -4.08. The van der Waals surface area contributed by atoms with E-state index in [1.165, 1.54) is 0 Å². The maximum atomic E-state index is 11.9. The summed E-state index contributed by atoms with van der Waals surface area (Å²) in [7, 11) is -4.08. The zero-order valence-corrected chi connectivity index (χ0v) is 17.5. The van der Waals surface area contributed by atoms with E-state index >= 15 is 0 Å². The molecule has 1 aromatic rings. The maximum absolute atomic E-state index is 11.9. The molecule has 5 rings (SSSR count). The van der Waals surface area contributed by atoms with Gasteiger partial charge in [-0.05, 0) is 36.8 Å². The van der Waals surface area contributed by atoms with Crippen LogP contribution in [0.4, 0.5) is 0 Å². The molecule has 1 aromatic carbocycles. The molecule has 3 fully saturated rings. The van der Waals surface area contributed by atoms with Crippen molar-refractivity contribution < 1.29 is 27.3 Å². The highest BCUT2D eigenvalue weighted by Gasteiger charge is 2.65. The fourth-order valence-corrected chi connectivity index (χ4v) is 7.05. The van der Waals surface area contributed by atoms with Crippen LogP contribution in [0.15, 0.2) is 24.3 Å². The Morgan fingerprint density at radius 2 is 1.93 bits per heavy atom. The number of hydrogen-bond acceptors (Lipinski definition) is 6. The van der Waals surface area contributed by atoms with Crippen LogP contribution in [0.2, 0.25) is 0 Å². The van der Waals surface area contributed by atoms with Gasteiger partial charge in [0.1, 0.15) is 5.78 Å². The number of hydrogen-bond donors (Lipinski definition) is 2. The lowest BCUT2D eigenvalue weighted by Gasteiger charge is -2.35. The molecule has 2 N–H and O–H groups in total. The van der Waals surface area contributed by atoms with Crippen LogP contribution in [0.5, 0.6) is 0 Å². The molecule has 2 heterocycles. The molecule has 4 aliphatic rings. The smallest absolute Gasteiger partial charge is 0.339 e. The largest absolute Gasteiger partial charge is 0.449 e. The van der Waals surface area contributed by atoms with Crippen molar-refractivity contribution in [1.82, 2.24) is 5.32 Å².